The number of nitrogens with zero attached hydrogens (tertiary/aromatic N) is 1. The number of benzene rings is 4. The summed E-state index contributed by atoms with van der Waals surface area (Å²) in [4.78, 5) is 3.09. The first-order valence-corrected chi connectivity index (χ1v) is 17.6. The van der Waals surface area contributed by atoms with Crippen LogP contribution in [-0.4, -0.2) is 35.2 Å². The van der Waals surface area contributed by atoms with Crippen LogP contribution in [0, 0.1) is 11.8 Å². The second-order valence-corrected chi connectivity index (χ2v) is 14.5. The fraction of sp³-hybridized carbons (Fsp3) is 0.429. The van der Waals surface area contributed by atoms with Gasteiger partial charge in [0.15, 0.2) is 0 Å². The Morgan fingerprint density at radius 2 is 1.09 bits per heavy atom. The zero-order valence-electron chi connectivity index (χ0n) is 25.9. The average Bonchev–Trinajstić information content (AvgIpc) is 3.44. The normalized spacial score (nSPS) is 32.8. The van der Waals surface area contributed by atoms with Crippen LogP contribution in [0.15, 0.2) is 103 Å². The van der Waals surface area contributed by atoms with Crippen LogP contribution in [0.2, 0.25) is 0 Å². The SMILES string of the molecule is c1ccc(-c2cc(-c3ccccc3)cc(-c3ccc(C4CCC5C(C4)C4CCCC6OC7CCCCC7N5C64)cc3)c2)cc1. The maximum Gasteiger partial charge on any atom is 0.0737 e. The highest BCUT2D eigenvalue weighted by molar-refractivity contribution is 5.81. The third-order valence-corrected chi connectivity index (χ3v) is 12.2. The molecule has 3 aliphatic carbocycles. The minimum atomic E-state index is 0.504. The molecule has 0 spiro atoms. The Bertz CT molecular complexity index is 1540. The summed E-state index contributed by atoms with van der Waals surface area (Å²) in [7, 11) is 0. The van der Waals surface area contributed by atoms with E-state index in [0.29, 0.717) is 30.2 Å². The lowest BCUT2D eigenvalue weighted by Crippen LogP contribution is -2.63. The number of morpholine rings is 1. The molecule has 5 fully saturated rings. The summed E-state index contributed by atoms with van der Waals surface area (Å²) >= 11 is 0. The van der Waals surface area contributed by atoms with Gasteiger partial charge in [0.1, 0.15) is 0 Å². The molecule has 4 aromatic carbocycles. The number of fused-ring (bicyclic) bond motifs is 5. The van der Waals surface area contributed by atoms with Gasteiger partial charge in [0.2, 0.25) is 0 Å². The summed E-state index contributed by atoms with van der Waals surface area (Å²) in [5.41, 5.74) is 9.24. The zero-order valence-corrected chi connectivity index (χ0v) is 25.9. The minimum Gasteiger partial charge on any atom is -0.372 e. The Labute approximate surface area is 263 Å². The van der Waals surface area contributed by atoms with E-state index in [9.17, 15) is 0 Å². The van der Waals surface area contributed by atoms with Gasteiger partial charge in [0, 0.05) is 18.1 Å². The van der Waals surface area contributed by atoms with E-state index in [1.54, 1.807) is 5.56 Å². The first-order chi connectivity index (χ1) is 21.8. The first-order valence-electron chi connectivity index (χ1n) is 17.6. The van der Waals surface area contributed by atoms with Crippen molar-refractivity contribution in [2.45, 2.75) is 100 Å². The van der Waals surface area contributed by atoms with Gasteiger partial charge in [-0.3, -0.25) is 4.90 Å². The van der Waals surface area contributed by atoms with Crippen molar-refractivity contribution in [1.82, 2.24) is 4.90 Å². The van der Waals surface area contributed by atoms with Gasteiger partial charge in [-0.25, -0.2) is 0 Å². The lowest BCUT2D eigenvalue weighted by molar-refractivity contribution is -0.177. The average molecular weight is 580 g/mol. The van der Waals surface area contributed by atoms with Crippen molar-refractivity contribution in [3.63, 3.8) is 0 Å². The maximum absolute atomic E-state index is 6.88. The van der Waals surface area contributed by atoms with Crippen molar-refractivity contribution in [2.24, 2.45) is 11.8 Å². The monoisotopic (exact) mass is 579 g/mol. The minimum absolute atomic E-state index is 0.504. The van der Waals surface area contributed by atoms with E-state index < -0.39 is 0 Å². The molecule has 0 bridgehead atoms. The number of rotatable bonds is 4. The molecule has 2 saturated heterocycles. The molecule has 4 aromatic rings. The molecule has 8 unspecified atom stereocenters. The van der Waals surface area contributed by atoms with E-state index >= 15 is 0 Å². The summed E-state index contributed by atoms with van der Waals surface area (Å²) in [5.74, 6) is 2.38. The summed E-state index contributed by atoms with van der Waals surface area (Å²) < 4.78 is 6.88. The summed E-state index contributed by atoms with van der Waals surface area (Å²) in [5, 5.41) is 0. The quantitative estimate of drug-likeness (QED) is 0.238. The molecule has 3 saturated carbocycles. The molecule has 9 rings (SSSR count). The smallest absolute Gasteiger partial charge is 0.0737 e. The molecule has 2 aliphatic heterocycles. The van der Waals surface area contributed by atoms with Gasteiger partial charge in [-0.15, -0.1) is 0 Å². The van der Waals surface area contributed by atoms with E-state index in [2.05, 4.69) is 108 Å². The molecule has 5 aliphatic rings. The highest BCUT2D eigenvalue weighted by Gasteiger charge is 2.59. The molecule has 0 aromatic heterocycles. The summed E-state index contributed by atoms with van der Waals surface area (Å²) in [6, 6.07) is 40.6. The van der Waals surface area contributed by atoms with Crippen LogP contribution in [0.5, 0.6) is 0 Å². The third-order valence-electron chi connectivity index (χ3n) is 12.2. The predicted octanol–water partition coefficient (Wildman–Crippen LogP) is 10.1. The van der Waals surface area contributed by atoms with Crippen molar-refractivity contribution < 1.29 is 4.74 Å². The highest BCUT2D eigenvalue weighted by Crippen LogP contribution is 2.56. The highest BCUT2D eigenvalue weighted by atomic mass is 16.5. The second kappa shape index (κ2) is 11.3. The molecular formula is C42H45NO. The molecule has 2 nitrogen and oxygen atoms in total. The van der Waals surface area contributed by atoms with Crippen LogP contribution in [0.4, 0.5) is 0 Å². The van der Waals surface area contributed by atoms with Crippen LogP contribution in [0.3, 0.4) is 0 Å². The van der Waals surface area contributed by atoms with Crippen molar-refractivity contribution in [1.29, 1.82) is 0 Å². The molecule has 0 amide bonds. The van der Waals surface area contributed by atoms with Crippen LogP contribution in [0.25, 0.3) is 33.4 Å². The number of hydrogen-bond acceptors (Lipinski definition) is 2. The van der Waals surface area contributed by atoms with Crippen LogP contribution < -0.4 is 0 Å². The zero-order chi connectivity index (χ0) is 29.0. The molecular weight excluding hydrogens is 534 g/mol. The van der Waals surface area contributed by atoms with Gasteiger partial charge in [0.05, 0.1) is 12.2 Å². The largest absolute Gasteiger partial charge is 0.372 e. The first kappa shape index (κ1) is 27.1. The maximum atomic E-state index is 6.88. The predicted molar refractivity (Wildman–Crippen MR) is 181 cm³/mol. The fourth-order valence-corrected chi connectivity index (χ4v) is 10.3. The lowest BCUT2D eigenvalue weighted by atomic mass is 9.68. The second-order valence-electron chi connectivity index (χ2n) is 14.5. The number of ether oxygens (including phenoxy) is 1. The standard InChI is InChI=1S/C42H45NO/c1-3-10-28(11-4-1)33-24-34(29-12-5-2-6-13-29)26-35(25-33)31-20-18-30(19-21-31)32-22-23-38-37(27-32)36-14-9-17-41-42(36)43(38)39-15-7-8-16-40(39)44-41/h1-6,10-13,18-21,24-26,32,36-42H,7-9,14-17,22-23,27H2. The summed E-state index contributed by atoms with van der Waals surface area (Å²) in [6.45, 7) is 0. The van der Waals surface area contributed by atoms with Gasteiger partial charge in [0.25, 0.3) is 0 Å². The fourth-order valence-electron chi connectivity index (χ4n) is 10.3. The van der Waals surface area contributed by atoms with E-state index in [4.69, 9.17) is 4.74 Å². The molecule has 0 N–H and O–H groups in total. The Morgan fingerprint density at radius 3 is 1.77 bits per heavy atom. The Morgan fingerprint density at radius 1 is 0.477 bits per heavy atom. The molecule has 2 heterocycles. The van der Waals surface area contributed by atoms with Crippen molar-refractivity contribution in [3.05, 3.63) is 109 Å². The van der Waals surface area contributed by atoms with Gasteiger partial charge < -0.3 is 4.74 Å². The Balaban J connectivity index is 0.993. The van der Waals surface area contributed by atoms with Gasteiger partial charge in [-0.1, -0.05) is 104 Å². The molecule has 224 valence electrons. The van der Waals surface area contributed by atoms with E-state index in [1.165, 1.54) is 97.6 Å². The molecule has 2 heteroatoms. The van der Waals surface area contributed by atoms with E-state index in [0.717, 1.165) is 17.9 Å². The van der Waals surface area contributed by atoms with Gasteiger partial charge in [-0.05, 0) is 120 Å². The molecule has 0 radical (unpaired) electrons. The van der Waals surface area contributed by atoms with Crippen molar-refractivity contribution in [3.8, 4) is 33.4 Å². The van der Waals surface area contributed by atoms with Crippen molar-refractivity contribution >= 4 is 0 Å². The molecule has 8 atom stereocenters. The molecule has 44 heavy (non-hydrogen) atoms. The summed E-state index contributed by atoms with van der Waals surface area (Å²) in [6.07, 6.45) is 14.6. The van der Waals surface area contributed by atoms with Crippen LogP contribution >= 0.6 is 0 Å². The van der Waals surface area contributed by atoms with E-state index in [-0.39, 0.29) is 0 Å². The van der Waals surface area contributed by atoms with E-state index in [1.807, 2.05) is 0 Å². The van der Waals surface area contributed by atoms with Crippen LogP contribution in [-0.2, 0) is 4.74 Å². The Kier molecular flexibility index (Phi) is 6.97. The van der Waals surface area contributed by atoms with Gasteiger partial charge in [-0.2, -0.15) is 0 Å². The number of hydrogen-bond donors (Lipinski definition) is 0. The van der Waals surface area contributed by atoms with Crippen LogP contribution in [0.1, 0.15) is 75.7 Å². The van der Waals surface area contributed by atoms with Crippen molar-refractivity contribution in [2.75, 3.05) is 0 Å². The van der Waals surface area contributed by atoms with Gasteiger partial charge >= 0.3 is 0 Å². The Hall–Kier alpha value is -3.20. The topological polar surface area (TPSA) is 12.5 Å². The third kappa shape index (κ3) is 4.68. The lowest BCUT2D eigenvalue weighted by Gasteiger charge is -2.53.